The predicted octanol–water partition coefficient (Wildman–Crippen LogP) is 3.36. The van der Waals surface area contributed by atoms with E-state index in [-0.39, 0.29) is 5.91 Å². The maximum atomic E-state index is 12.0. The van der Waals surface area contributed by atoms with Crippen molar-refractivity contribution in [2.45, 2.75) is 0 Å². The molecule has 0 aliphatic heterocycles. The van der Waals surface area contributed by atoms with Crippen molar-refractivity contribution in [2.24, 2.45) is 0 Å². The van der Waals surface area contributed by atoms with Gasteiger partial charge in [-0.15, -0.1) is 0 Å². The Morgan fingerprint density at radius 1 is 0.870 bits per heavy atom. The molecule has 120 valence electrons. The molecule has 0 heterocycles. The van der Waals surface area contributed by atoms with Crippen molar-refractivity contribution in [1.82, 2.24) is 0 Å². The van der Waals surface area contributed by atoms with Gasteiger partial charge in [-0.3, -0.25) is 4.79 Å². The molecule has 0 aromatic heterocycles. The van der Waals surface area contributed by atoms with E-state index < -0.39 is 0 Å². The minimum atomic E-state index is -0.240. The Hall–Kier alpha value is -2.95. The molecule has 5 nitrogen and oxygen atoms in total. The number of benzene rings is 2. The third kappa shape index (κ3) is 4.78. The number of ether oxygens (including phenoxy) is 3. The molecule has 0 aliphatic carbocycles. The first-order valence-electron chi connectivity index (χ1n) is 7.01. The summed E-state index contributed by atoms with van der Waals surface area (Å²) >= 11 is 0. The van der Waals surface area contributed by atoms with Crippen LogP contribution in [0.3, 0.4) is 0 Å². The van der Waals surface area contributed by atoms with Crippen molar-refractivity contribution >= 4 is 17.7 Å². The summed E-state index contributed by atoms with van der Waals surface area (Å²) in [6.07, 6.45) is 3.19. The zero-order valence-corrected chi connectivity index (χ0v) is 13.3. The van der Waals surface area contributed by atoms with Crippen molar-refractivity contribution in [3.05, 3.63) is 54.1 Å². The van der Waals surface area contributed by atoms with E-state index in [1.165, 1.54) is 6.08 Å². The highest BCUT2D eigenvalue weighted by molar-refractivity contribution is 6.02. The van der Waals surface area contributed by atoms with Crippen LogP contribution in [-0.2, 0) is 4.79 Å². The van der Waals surface area contributed by atoms with Crippen LogP contribution in [0, 0.1) is 0 Å². The fourth-order valence-corrected chi connectivity index (χ4v) is 1.95. The highest BCUT2D eigenvalue weighted by atomic mass is 16.5. The topological polar surface area (TPSA) is 56.8 Å². The summed E-state index contributed by atoms with van der Waals surface area (Å²) < 4.78 is 15.4. The molecule has 0 radical (unpaired) electrons. The number of anilines is 1. The van der Waals surface area contributed by atoms with E-state index in [0.29, 0.717) is 17.2 Å². The number of carbonyl (C=O) groups excluding carboxylic acids is 1. The average molecular weight is 313 g/mol. The molecule has 0 fully saturated rings. The summed E-state index contributed by atoms with van der Waals surface area (Å²) in [5.41, 5.74) is 1.51. The van der Waals surface area contributed by atoms with Gasteiger partial charge in [0.05, 0.1) is 21.3 Å². The summed E-state index contributed by atoms with van der Waals surface area (Å²) in [6, 6.07) is 12.6. The van der Waals surface area contributed by atoms with Gasteiger partial charge in [-0.05, 0) is 23.8 Å². The maximum absolute atomic E-state index is 12.0. The van der Waals surface area contributed by atoms with E-state index in [2.05, 4.69) is 5.32 Å². The van der Waals surface area contributed by atoms with E-state index in [1.807, 2.05) is 24.3 Å². The molecule has 0 aliphatic rings. The Balaban J connectivity index is 2.04. The minimum Gasteiger partial charge on any atom is -0.497 e. The van der Waals surface area contributed by atoms with Crippen LogP contribution in [0.15, 0.2) is 48.5 Å². The van der Waals surface area contributed by atoms with Gasteiger partial charge < -0.3 is 19.5 Å². The number of carbonyl (C=O) groups is 1. The molecule has 0 saturated heterocycles. The van der Waals surface area contributed by atoms with Crippen molar-refractivity contribution in [3.63, 3.8) is 0 Å². The van der Waals surface area contributed by atoms with Crippen molar-refractivity contribution in [2.75, 3.05) is 26.6 Å². The van der Waals surface area contributed by atoms with Gasteiger partial charge in [0.2, 0.25) is 5.91 Å². The number of nitrogens with one attached hydrogen (secondary N) is 1. The van der Waals surface area contributed by atoms with Crippen LogP contribution < -0.4 is 19.5 Å². The molecule has 1 N–H and O–H groups in total. The zero-order chi connectivity index (χ0) is 16.7. The third-order valence-electron chi connectivity index (χ3n) is 3.16. The smallest absolute Gasteiger partial charge is 0.248 e. The molecule has 23 heavy (non-hydrogen) atoms. The first-order valence-corrected chi connectivity index (χ1v) is 7.01. The largest absolute Gasteiger partial charge is 0.497 e. The second-order valence-electron chi connectivity index (χ2n) is 4.70. The van der Waals surface area contributed by atoms with Crippen LogP contribution in [0.2, 0.25) is 0 Å². The molecule has 0 unspecified atom stereocenters. The standard InChI is InChI=1S/C18H19NO4/c1-21-15-7-4-13(5-8-15)6-9-18(20)19-14-10-16(22-2)12-17(11-14)23-3/h4-12H,1-3H3,(H,19,20)/b9-6+. The van der Waals surface area contributed by atoms with E-state index in [9.17, 15) is 4.79 Å². The molecular formula is C18H19NO4. The molecule has 5 heteroatoms. The second kappa shape index (κ2) is 7.89. The molecule has 2 rings (SSSR count). The monoisotopic (exact) mass is 313 g/mol. The normalized spacial score (nSPS) is 10.4. The summed E-state index contributed by atoms with van der Waals surface area (Å²) in [5.74, 6) is 1.75. The molecule has 2 aromatic carbocycles. The zero-order valence-electron chi connectivity index (χ0n) is 13.3. The molecule has 2 aromatic rings. The Morgan fingerprint density at radius 3 is 1.96 bits per heavy atom. The lowest BCUT2D eigenvalue weighted by Crippen LogP contribution is -2.08. The fourth-order valence-electron chi connectivity index (χ4n) is 1.95. The van der Waals surface area contributed by atoms with Gasteiger partial charge in [0, 0.05) is 30.0 Å². The van der Waals surface area contributed by atoms with Gasteiger partial charge in [0.1, 0.15) is 17.2 Å². The van der Waals surface area contributed by atoms with Crippen molar-refractivity contribution in [3.8, 4) is 17.2 Å². The molecular weight excluding hydrogens is 294 g/mol. The summed E-state index contributed by atoms with van der Waals surface area (Å²) in [4.78, 5) is 12.0. The van der Waals surface area contributed by atoms with Gasteiger partial charge in [0.15, 0.2) is 0 Å². The first-order chi connectivity index (χ1) is 11.1. The van der Waals surface area contributed by atoms with Crippen LogP contribution in [0.5, 0.6) is 17.2 Å². The first kappa shape index (κ1) is 16.4. The quantitative estimate of drug-likeness (QED) is 0.831. The third-order valence-corrected chi connectivity index (χ3v) is 3.16. The lowest BCUT2D eigenvalue weighted by atomic mass is 10.2. The van der Waals surface area contributed by atoms with Crippen molar-refractivity contribution in [1.29, 1.82) is 0 Å². The van der Waals surface area contributed by atoms with Crippen molar-refractivity contribution < 1.29 is 19.0 Å². The van der Waals surface area contributed by atoms with Crippen LogP contribution in [0.4, 0.5) is 5.69 Å². The Morgan fingerprint density at radius 2 is 1.43 bits per heavy atom. The molecule has 0 spiro atoms. The molecule has 1 amide bonds. The number of amides is 1. The predicted molar refractivity (Wildman–Crippen MR) is 90.2 cm³/mol. The van der Waals surface area contributed by atoms with Gasteiger partial charge in [0.25, 0.3) is 0 Å². The Bertz CT molecular complexity index is 670. The van der Waals surface area contributed by atoms with Gasteiger partial charge >= 0.3 is 0 Å². The van der Waals surface area contributed by atoms with Gasteiger partial charge in [-0.1, -0.05) is 12.1 Å². The van der Waals surface area contributed by atoms with E-state index in [4.69, 9.17) is 14.2 Å². The Labute approximate surface area is 135 Å². The fraction of sp³-hybridized carbons (Fsp3) is 0.167. The van der Waals surface area contributed by atoms with E-state index in [1.54, 1.807) is 45.6 Å². The number of rotatable bonds is 6. The summed E-state index contributed by atoms with van der Waals surface area (Å²) in [7, 11) is 4.73. The Kier molecular flexibility index (Phi) is 5.63. The highest BCUT2D eigenvalue weighted by Gasteiger charge is 2.04. The highest BCUT2D eigenvalue weighted by Crippen LogP contribution is 2.25. The van der Waals surface area contributed by atoms with Crippen LogP contribution in [0.1, 0.15) is 5.56 Å². The molecule has 0 saturated carbocycles. The maximum Gasteiger partial charge on any atom is 0.248 e. The molecule has 0 atom stereocenters. The van der Waals surface area contributed by atoms with E-state index in [0.717, 1.165) is 11.3 Å². The summed E-state index contributed by atoms with van der Waals surface area (Å²) in [6.45, 7) is 0. The van der Waals surface area contributed by atoms with Gasteiger partial charge in [-0.2, -0.15) is 0 Å². The number of methoxy groups -OCH3 is 3. The molecule has 0 bridgehead atoms. The minimum absolute atomic E-state index is 0.240. The van der Waals surface area contributed by atoms with Gasteiger partial charge in [-0.25, -0.2) is 0 Å². The SMILES string of the molecule is COc1ccc(/C=C/C(=O)Nc2cc(OC)cc(OC)c2)cc1. The lowest BCUT2D eigenvalue weighted by molar-refractivity contribution is -0.111. The van der Waals surface area contributed by atoms with E-state index >= 15 is 0 Å². The number of hydrogen-bond acceptors (Lipinski definition) is 4. The summed E-state index contributed by atoms with van der Waals surface area (Å²) in [5, 5.41) is 2.77. The number of hydrogen-bond donors (Lipinski definition) is 1. The van der Waals surface area contributed by atoms with Crippen LogP contribution in [-0.4, -0.2) is 27.2 Å². The lowest BCUT2D eigenvalue weighted by Gasteiger charge is -2.08. The average Bonchev–Trinajstić information content (AvgIpc) is 2.60. The van der Waals surface area contributed by atoms with Crippen LogP contribution in [0.25, 0.3) is 6.08 Å². The van der Waals surface area contributed by atoms with Crippen LogP contribution >= 0.6 is 0 Å². The second-order valence-corrected chi connectivity index (χ2v) is 4.70.